The molecule has 1 aromatic heterocycles. The van der Waals surface area contributed by atoms with Gasteiger partial charge in [0.2, 0.25) is 5.91 Å². The smallest absolute Gasteiger partial charge is 0.254 e. The van der Waals surface area contributed by atoms with Gasteiger partial charge in [0.15, 0.2) is 0 Å². The fourth-order valence-corrected chi connectivity index (χ4v) is 4.00. The predicted molar refractivity (Wildman–Crippen MR) is 98.3 cm³/mol. The Hall–Kier alpha value is -2.69. The van der Waals surface area contributed by atoms with Crippen LogP contribution in [0, 0.1) is 0 Å². The zero-order valence-electron chi connectivity index (χ0n) is 14.8. The van der Waals surface area contributed by atoms with Gasteiger partial charge < -0.3 is 9.80 Å². The average Bonchev–Trinajstić information content (AvgIpc) is 3.32. The van der Waals surface area contributed by atoms with Gasteiger partial charge in [-0.1, -0.05) is 12.1 Å². The molecule has 2 saturated heterocycles. The highest BCUT2D eigenvalue weighted by atomic mass is 16.2. The molecule has 0 spiro atoms. The van der Waals surface area contributed by atoms with Crippen LogP contribution in [0.3, 0.4) is 0 Å². The Morgan fingerprint density at radius 3 is 2.73 bits per heavy atom. The molecule has 2 aromatic rings. The maximum Gasteiger partial charge on any atom is 0.254 e. The van der Waals surface area contributed by atoms with Crippen LogP contribution >= 0.6 is 0 Å². The summed E-state index contributed by atoms with van der Waals surface area (Å²) in [5.74, 6) is 0.276. The van der Waals surface area contributed by atoms with Gasteiger partial charge in [-0.2, -0.15) is 0 Å². The molecule has 4 rings (SSSR count). The summed E-state index contributed by atoms with van der Waals surface area (Å²) >= 11 is 0. The second kappa shape index (κ2) is 7.28. The van der Waals surface area contributed by atoms with Crippen molar-refractivity contribution in [2.45, 2.75) is 38.3 Å². The zero-order chi connectivity index (χ0) is 17.9. The van der Waals surface area contributed by atoms with E-state index in [4.69, 9.17) is 0 Å². The lowest BCUT2D eigenvalue weighted by Gasteiger charge is -2.25. The third-order valence-corrected chi connectivity index (χ3v) is 5.32. The van der Waals surface area contributed by atoms with Gasteiger partial charge in [-0.05, 0) is 54.7 Å². The number of aromatic nitrogens is 1. The van der Waals surface area contributed by atoms with Gasteiger partial charge in [0.05, 0.1) is 6.04 Å². The summed E-state index contributed by atoms with van der Waals surface area (Å²) in [6, 6.07) is 11.8. The van der Waals surface area contributed by atoms with Crippen LogP contribution in [-0.4, -0.2) is 39.7 Å². The van der Waals surface area contributed by atoms with E-state index in [2.05, 4.69) is 4.98 Å². The Labute approximate surface area is 153 Å². The third-order valence-electron chi connectivity index (χ3n) is 5.32. The largest absolute Gasteiger partial charge is 0.338 e. The van der Waals surface area contributed by atoms with E-state index in [1.54, 1.807) is 12.4 Å². The van der Waals surface area contributed by atoms with E-state index in [1.807, 2.05) is 46.2 Å². The number of carbonyl (C=O) groups excluding carboxylic acids is 2. The van der Waals surface area contributed by atoms with Crippen molar-refractivity contribution in [3.63, 3.8) is 0 Å². The number of nitrogens with zero attached hydrogens (tertiary/aromatic N) is 3. The second-order valence-corrected chi connectivity index (χ2v) is 7.06. The Kier molecular flexibility index (Phi) is 4.69. The molecule has 3 heterocycles. The molecule has 5 nitrogen and oxygen atoms in total. The fourth-order valence-electron chi connectivity index (χ4n) is 4.00. The van der Waals surface area contributed by atoms with Crippen molar-refractivity contribution < 1.29 is 9.59 Å². The maximum absolute atomic E-state index is 13.1. The molecule has 1 aromatic carbocycles. The number of hydrogen-bond acceptors (Lipinski definition) is 3. The van der Waals surface area contributed by atoms with Crippen molar-refractivity contribution in [1.29, 1.82) is 0 Å². The van der Waals surface area contributed by atoms with Gasteiger partial charge in [0.25, 0.3) is 5.91 Å². The molecule has 1 atom stereocenters. The molecule has 0 aliphatic carbocycles. The van der Waals surface area contributed by atoms with E-state index in [0.717, 1.165) is 43.5 Å². The number of amides is 2. The van der Waals surface area contributed by atoms with E-state index in [0.29, 0.717) is 18.5 Å². The number of hydrogen-bond donors (Lipinski definition) is 0. The zero-order valence-corrected chi connectivity index (χ0v) is 14.8. The molecule has 0 N–H and O–H groups in total. The fraction of sp³-hybridized carbons (Fsp3) is 0.381. The molecule has 2 amide bonds. The van der Waals surface area contributed by atoms with Crippen LogP contribution in [-0.2, 0) is 11.3 Å². The van der Waals surface area contributed by atoms with Crippen molar-refractivity contribution in [2.75, 3.05) is 13.1 Å². The van der Waals surface area contributed by atoms with Crippen molar-refractivity contribution in [3.8, 4) is 0 Å². The van der Waals surface area contributed by atoms with Crippen LogP contribution in [0.5, 0.6) is 0 Å². The number of carbonyl (C=O) groups is 2. The summed E-state index contributed by atoms with van der Waals surface area (Å²) in [7, 11) is 0. The van der Waals surface area contributed by atoms with Crippen molar-refractivity contribution >= 4 is 11.8 Å². The normalized spacial score (nSPS) is 20.0. The minimum absolute atomic E-state index is 0.0684. The lowest BCUT2D eigenvalue weighted by Crippen LogP contribution is -2.30. The first-order chi connectivity index (χ1) is 12.7. The predicted octanol–water partition coefficient (Wildman–Crippen LogP) is 3.18. The summed E-state index contributed by atoms with van der Waals surface area (Å²) in [6.45, 7) is 2.18. The first-order valence-electron chi connectivity index (χ1n) is 9.30. The highest BCUT2D eigenvalue weighted by Gasteiger charge is 2.30. The number of rotatable bonds is 4. The molecule has 1 unspecified atom stereocenters. The summed E-state index contributed by atoms with van der Waals surface area (Å²) in [4.78, 5) is 32.9. The van der Waals surface area contributed by atoms with Gasteiger partial charge in [-0.15, -0.1) is 0 Å². The van der Waals surface area contributed by atoms with E-state index in [9.17, 15) is 9.59 Å². The van der Waals surface area contributed by atoms with Crippen LogP contribution < -0.4 is 0 Å². The molecule has 134 valence electrons. The van der Waals surface area contributed by atoms with E-state index in [-0.39, 0.29) is 17.9 Å². The average molecular weight is 349 g/mol. The van der Waals surface area contributed by atoms with Crippen molar-refractivity contribution in [2.24, 2.45) is 0 Å². The summed E-state index contributed by atoms with van der Waals surface area (Å²) in [5, 5.41) is 0. The molecule has 5 heteroatoms. The van der Waals surface area contributed by atoms with Crippen LogP contribution in [0.4, 0.5) is 0 Å². The Bertz CT molecular complexity index is 806. The van der Waals surface area contributed by atoms with Gasteiger partial charge in [-0.3, -0.25) is 14.6 Å². The van der Waals surface area contributed by atoms with Crippen LogP contribution in [0.25, 0.3) is 0 Å². The Morgan fingerprint density at radius 1 is 1.12 bits per heavy atom. The van der Waals surface area contributed by atoms with E-state index >= 15 is 0 Å². The molecule has 0 radical (unpaired) electrons. The number of likely N-dealkylation sites (tertiary alicyclic amines) is 2. The first kappa shape index (κ1) is 16.8. The van der Waals surface area contributed by atoms with Crippen molar-refractivity contribution in [1.82, 2.24) is 14.8 Å². The minimum atomic E-state index is 0.0684. The molecule has 2 aliphatic heterocycles. The SMILES string of the molecule is O=C1CCCN1Cc1cccc(C(=O)N2CCCC2c2ccncc2)c1. The monoisotopic (exact) mass is 349 g/mol. The van der Waals surface area contributed by atoms with E-state index in [1.165, 1.54) is 0 Å². The van der Waals surface area contributed by atoms with Gasteiger partial charge >= 0.3 is 0 Å². The summed E-state index contributed by atoms with van der Waals surface area (Å²) in [6.07, 6.45) is 7.13. The van der Waals surface area contributed by atoms with Crippen LogP contribution in [0.2, 0.25) is 0 Å². The first-order valence-corrected chi connectivity index (χ1v) is 9.30. The molecule has 2 aliphatic rings. The van der Waals surface area contributed by atoms with Gasteiger partial charge in [0, 0.05) is 44.0 Å². The quantitative estimate of drug-likeness (QED) is 0.852. The molecular weight excluding hydrogens is 326 g/mol. The molecule has 2 fully saturated rings. The second-order valence-electron chi connectivity index (χ2n) is 7.06. The third kappa shape index (κ3) is 3.34. The van der Waals surface area contributed by atoms with Crippen LogP contribution in [0.1, 0.15) is 53.2 Å². The minimum Gasteiger partial charge on any atom is -0.338 e. The lowest BCUT2D eigenvalue weighted by atomic mass is 10.0. The number of benzene rings is 1. The maximum atomic E-state index is 13.1. The lowest BCUT2D eigenvalue weighted by molar-refractivity contribution is -0.128. The molecule has 26 heavy (non-hydrogen) atoms. The Morgan fingerprint density at radius 2 is 1.96 bits per heavy atom. The summed E-state index contributed by atoms with van der Waals surface area (Å²) < 4.78 is 0. The Balaban J connectivity index is 1.52. The van der Waals surface area contributed by atoms with Crippen LogP contribution in [0.15, 0.2) is 48.8 Å². The standard InChI is InChI=1S/C21H23N3O2/c25-20-7-3-12-23(20)15-16-4-1-5-18(14-16)21(26)24-13-2-6-19(24)17-8-10-22-11-9-17/h1,4-5,8-11,14,19H,2-3,6-7,12-13,15H2. The highest BCUT2D eigenvalue weighted by Crippen LogP contribution is 2.33. The van der Waals surface area contributed by atoms with Gasteiger partial charge in [-0.25, -0.2) is 0 Å². The number of pyridine rings is 1. The summed E-state index contributed by atoms with van der Waals surface area (Å²) in [5.41, 5.74) is 2.87. The molecule has 0 bridgehead atoms. The van der Waals surface area contributed by atoms with E-state index < -0.39 is 0 Å². The topological polar surface area (TPSA) is 53.5 Å². The van der Waals surface area contributed by atoms with Crippen molar-refractivity contribution in [3.05, 3.63) is 65.5 Å². The highest BCUT2D eigenvalue weighted by molar-refractivity contribution is 5.95. The molecule has 0 saturated carbocycles. The van der Waals surface area contributed by atoms with Gasteiger partial charge in [0.1, 0.15) is 0 Å². The molecular formula is C21H23N3O2.